The fraction of sp³-hybridized carbons (Fsp3) is 0.368. The van der Waals surface area contributed by atoms with Crippen LogP contribution in [0.4, 0.5) is 0 Å². The highest BCUT2D eigenvalue weighted by molar-refractivity contribution is 6.30. The van der Waals surface area contributed by atoms with E-state index in [2.05, 4.69) is 20.4 Å². The number of halogens is 1. The third-order valence-electron chi connectivity index (χ3n) is 4.77. The second kappa shape index (κ2) is 7.25. The highest BCUT2D eigenvalue weighted by Gasteiger charge is 2.28. The maximum Gasteiger partial charge on any atom is 0.252 e. The summed E-state index contributed by atoms with van der Waals surface area (Å²) < 4.78 is 1.68. The molecule has 27 heavy (non-hydrogen) atoms. The Morgan fingerprint density at radius 3 is 2.96 bits per heavy atom. The van der Waals surface area contributed by atoms with Crippen LogP contribution in [0.5, 0.6) is 0 Å². The molecule has 3 heterocycles. The van der Waals surface area contributed by atoms with Gasteiger partial charge in [-0.15, -0.1) is 5.10 Å². The SMILES string of the molecule is Cc1cc(C)n2nc(CC(=O)N3CCNCC3c3cccc(Cl)c3)nc2n1. The molecule has 0 spiro atoms. The minimum Gasteiger partial charge on any atom is -0.333 e. The Hall–Kier alpha value is -2.51. The van der Waals surface area contributed by atoms with Crippen LogP contribution in [0.3, 0.4) is 0 Å². The first-order valence-corrected chi connectivity index (χ1v) is 9.34. The van der Waals surface area contributed by atoms with Crippen LogP contribution >= 0.6 is 11.6 Å². The monoisotopic (exact) mass is 384 g/mol. The Bertz CT molecular complexity index is 1000. The van der Waals surface area contributed by atoms with Gasteiger partial charge in [-0.1, -0.05) is 23.7 Å². The van der Waals surface area contributed by atoms with E-state index in [0.29, 0.717) is 29.7 Å². The second-order valence-electron chi connectivity index (χ2n) is 6.82. The number of aryl methyl sites for hydroxylation is 2. The van der Waals surface area contributed by atoms with E-state index in [1.54, 1.807) is 4.52 Å². The molecule has 0 aliphatic carbocycles. The molecule has 2 aromatic heterocycles. The summed E-state index contributed by atoms with van der Waals surface area (Å²) in [5, 5.41) is 8.48. The molecule has 1 fully saturated rings. The van der Waals surface area contributed by atoms with Gasteiger partial charge < -0.3 is 10.2 Å². The number of aromatic nitrogens is 4. The number of rotatable bonds is 3. The number of carbonyl (C=O) groups is 1. The van der Waals surface area contributed by atoms with E-state index in [1.165, 1.54) is 0 Å². The summed E-state index contributed by atoms with van der Waals surface area (Å²) in [5.74, 6) is 1.03. The van der Waals surface area contributed by atoms with Crippen molar-refractivity contribution in [2.75, 3.05) is 19.6 Å². The Kier molecular flexibility index (Phi) is 4.80. The molecule has 1 unspecified atom stereocenters. The maximum absolute atomic E-state index is 13.0. The van der Waals surface area contributed by atoms with Gasteiger partial charge in [0.2, 0.25) is 5.91 Å². The minimum absolute atomic E-state index is 0.00626. The predicted octanol–water partition coefficient (Wildman–Crippen LogP) is 2.11. The largest absolute Gasteiger partial charge is 0.333 e. The van der Waals surface area contributed by atoms with Crippen LogP contribution in [0.2, 0.25) is 5.02 Å². The van der Waals surface area contributed by atoms with E-state index < -0.39 is 0 Å². The Balaban J connectivity index is 1.58. The van der Waals surface area contributed by atoms with Crippen LogP contribution in [0, 0.1) is 13.8 Å². The number of hydrogen-bond donors (Lipinski definition) is 1. The molecule has 1 aromatic carbocycles. The smallest absolute Gasteiger partial charge is 0.252 e. The van der Waals surface area contributed by atoms with Crippen molar-refractivity contribution >= 4 is 23.3 Å². The quantitative estimate of drug-likeness (QED) is 0.748. The van der Waals surface area contributed by atoms with E-state index in [1.807, 2.05) is 49.1 Å². The number of carbonyl (C=O) groups excluding carboxylic acids is 1. The van der Waals surface area contributed by atoms with Crippen LogP contribution in [0.15, 0.2) is 30.3 Å². The first-order chi connectivity index (χ1) is 13.0. The van der Waals surface area contributed by atoms with Crippen molar-refractivity contribution in [2.24, 2.45) is 0 Å². The highest BCUT2D eigenvalue weighted by Crippen LogP contribution is 2.25. The zero-order valence-electron chi connectivity index (χ0n) is 15.3. The molecule has 140 valence electrons. The molecule has 1 aliphatic heterocycles. The molecule has 7 nitrogen and oxygen atoms in total. The van der Waals surface area contributed by atoms with Gasteiger partial charge in [-0.25, -0.2) is 9.50 Å². The normalized spacial score (nSPS) is 17.4. The zero-order chi connectivity index (χ0) is 19.0. The van der Waals surface area contributed by atoms with Gasteiger partial charge in [0.05, 0.1) is 12.5 Å². The maximum atomic E-state index is 13.0. The molecule has 1 atom stereocenters. The number of benzene rings is 1. The van der Waals surface area contributed by atoms with Gasteiger partial charge >= 0.3 is 0 Å². The van der Waals surface area contributed by atoms with Crippen LogP contribution < -0.4 is 5.32 Å². The second-order valence-corrected chi connectivity index (χ2v) is 7.25. The summed E-state index contributed by atoms with van der Waals surface area (Å²) in [7, 11) is 0. The summed E-state index contributed by atoms with van der Waals surface area (Å²) >= 11 is 6.14. The standard InChI is InChI=1S/C19H21ClN6O/c1-12-8-13(2)26-19(22-12)23-17(24-26)10-18(27)25-7-6-21-11-16(25)14-4-3-5-15(20)9-14/h3-5,8-9,16,21H,6-7,10-11H2,1-2H3. The van der Waals surface area contributed by atoms with Crippen LogP contribution in [0.25, 0.3) is 5.78 Å². The van der Waals surface area contributed by atoms with E-state index in [-0.39, 0.29) is 18.4 Å². The molecule has 0 radical (unpaired) electrons. The number of amides is 1. The number of hydrogen-bond acceptors (Lipinski definition) is 5. The van der Waals surface area contributed by atoms with Gasteiger partial charge in [-0.2, -0.15) is 4.98 Å². The van der Waals surface area contributed by atoms with Crippen molar-refractivity contribution in [1.82, 2.24) is 29.8 Å². The lowest BCUT2D eigenvalue weighted by molar-refractivity contribution is -0.133. The van der Waals surface area contributed by atoms with Crippen LogP contribution in [0.1, 0.15) is 28.8 Å². The molecule has 1 N–H and O–H groups in total. The van der Waals surface area contributed by atoms with Crippen molar-refractivity contribution in [3.05, 3.63) is 58.1 Å². The topological polar surface area (TPSA) is 75.4 Å². The summed E-state index contributed by atoms with van der Waals surface area (Å²) in [4.78, 5) is 23.7. The summed E-state index contributed by atoms with van der Waals surface area (Å²) in [6.07, 6.45) is 0.152. The first kappa shape index (κ1) is 17.9. The molecule has 8 heteroatoms. The molecule has 1 amide bonds. The molecular formula is C19H21ClN6O. The summed E-state index contributed by atoms with van der Waals surface area (Å²) in [6, 6.07) is 9.56. The van der Waals surface area contributed by atoms with Crippen molar-refractivity contribution in [3.8, 4) is 0 Å². The van der Waals surface area contributed by atoms with E-state index >= 15 is 0 Å². The zero-order valence-corrected chi connectivity index (χ0v) is 16.1. The summed E-state index contributed by atoms with van der Waals surface area (Å²) in [5.41, 5.74) is 2.86. The summed E-state index contributed by atoms with van der Waals surface area (Å²) in [6.45, 7) is 5.97. The van der Waals surface area contributed by atoms with Gasteiger partial charge in [-0.05, 0) is 37.6 Å². The Labute approximate surface area is 162 Å². The van der Waals surface area contributed by atoms with E-state index in [9.17, 15) is 4.79 Å². The van der Waals surface area contributed by atoms with Crippen molar-refractivity contribution < 1.29 is 4.79 Å². The van der Waals surface area contributed by atoms with Crippen LogP contribution in [-0.2, 0) is 11.2 Å². The minimum atomic E-state index is -0.0518. The fourth-order valence-corrected chi connectivity index (χ4v) is 3.73. The lowest BCUT2D eigenvalue weighted by atomic mass is 10.0. The molecule has 1 saturated heterocycles. The van der Waals surface area contributed by atoms with Gasteiger partial charge in [0, 0.05) is 36.0 Å². The molecule has 4 rings (SSSR count). The van der Waals surface area contributed by atoms with Crippen molar-refractivity contribution in [3.63, 3.8) is 0 Å². The molecule has 3 aromatic rings. The van der Waals surface area contributed by atoms with Gasteiger partial charge in [0.25, 0.3) is 5.78 Å². The third kappa shape index (κ3) is 3.65. The van der Waals surface area contributed by atoms with Crippen molar-refractivity contribution in [1.29, 1.82) is 0 Å². The Morgan fingerprint density at radius 2 is 2.15 bits per heavy atom. The van der Waals surface area contributed by atoms with E-state index in [4.69, 9.17) is 11.6 Å². The van der Waals surface area contributed by atoms with Crippen LogP contribution in [-0.4, -0.2) is 50.0 Å². The predicted molar refractivity (Wildman–Crippen MR) is 103 cm³/mol. The lowest BCUT2D eigenvalue weighted by Crippen LogP contribution is -2.49. The first-order valence-electron chi connectivity index (χ1n) is 8.97. The Morgan fingerprint density at radius 1 is 1.30 bits per heavy atom. The lowest BCUT2D eigenvalue weighted by Gasteiger charge is -2.36. The number of nitrogens with zero attached hydrogens (tertiary/aromatic N) is 5. The molecule has 0 saturated carbocycles. The van der Waals surface area contributed by atoms with Gasteiger partial charge in [-0.3, -0.25) is 4.79 Å². The average molecular weight is 385 g/mol. The third-order valence-corrected chi connectivity index (χ3v) is 5.00. The van der Waals surface area contributed by atoms with Gasteiger partial charge in [0.15, 0.2) is 5.82 Å². The van der Waals surface area contributed by atoms with Gasteiger partial charge in [0.1, 0.15) is 0 Å². The molecular weight excluding hydrogens is 364 g/mol. The molecule has 0 bridgehead atoms. The average Bonchev–Trinajstić information content (AvgIpc) is 3.04. The van der Waals surface area contributed by atoms with E-state index in [0.717, 1.165) is 23.5 Å². The fourth-order valence-electron chi connectivity index (χ4n) is 3.53. The number of nitrogens with one attached hydrogen (secondary N) is 1. The number of piperazine rings is 1. The number of fused-ring (bicyclic) bond motifs is 1. The highest BCUT2D eigenvalue weighted by atomic mass is 35.5. The molecule has 1 aliphatic rings. The van der Waals surface area contributed by atoms with Crippen molar-refractivity contribution in [2.45, 2.75) is 26.3 Å².